The van der Waals surface area contributed by atoms with Crippen LogP contribution < -0.4 is 16.4 Å². The van der Waals surface area contributed by atoms with Crippen molar-refractivity contribution in [2.24, 2.45) is 11.7 Å². The molecule has 126 valence electrons. The third-order valence-electron chi connectivity index (χ3n) is 3.97. The Labute approximate surface area is 129 Å². The Bertz CT molecular complexity index is 449. The number of fused-ring (bicyclic) bond motifs is 1. The molecule has 0 saturated carbocycles. The molecule has 2 saturated heterocycles. The number of nitrogens with two attached hydrogens (primary N) is 1. The van der Waals surface area contributed by atoms with Crippen molar-refractivity contribution in [3.8, 4) is 0 Å². The van der Waals surface area contributed by atoms with Gasteiger partial charge in [0.05, 0.1) is 11.2 Å². The van der Waals surface area contributed by atoms with Gasteiger partial charge in [0.1, 0.15) is 6.04 Å². The molecule has 2 aliphatic heterocycles. The minimum absolute atomic E-state index is 0.00982. The number of carbonyl (C=O) groups excluding carboxylic acids is 1. The van der Waals surface area contributed by atoms with Crippen LogP contribution in [0.15, 0.2) is 0 Å². The highest BCUT2D eigenvalue weighted by Gasteiger charge is 2.53. The molecule has 0 aliphatic carbocycles. The molecule has 2 rings (SSSR count). The van der Waals surface area contributed by atoms with Crippen LogP contribution in [0.5, 0.6) is 0 Å². The van der Waals surface area contributed by atoms with E-state index in [4.69, 9.17) is 10.8 Å². The number of rotatable bonds is 4. The number of piperidine rings is 1. The summed E-state index contributed by atoms with van der Waals surface area (Å²) in [5, 5.41) is 12.8. The van der Waals surface area contributed by atoms with Gasteiger partial charge in [0.25, 0.3) is 0 Å². The molecular formula is C12H18F3N3O3S. The molecule has 0 aromatic rings. The van der Waals surface area contributed by atoms with Crippen LogP contribution in [-0.4, -0.2) is 58.8 Å². The summed E-state index contributed by atoms with van der Waals surface area (Å²) in [6.07, 6.45) is -3.96. The van der Waals surface area contributed by atoms with E-state index in [2.05, 4.69) is 10.6 Å². The summed E-state index contributed by atoms with van der Waals surface area (Å²) in [7, 11) is 0. The maximum absolute atomic E-state index is 13.0. The zero-order valence-electron chi connectivity index (χ0n) is 11.6. The first-order valence-electron chi connectivity index (χ1n) is 6.92. The molecule has 4 unspecified atom stereocenters. The lowest BCUT2D eigenvalue weighted by atomic mass is 9.89. The summed E-state index contributed by atoms with van der Waals surface area (Å²) in [5.41, 5.74) is 5.28. The highest BCUT2D eigenvalue weighted by Crippen LogP contribution is 2.47. The summed E-state index contributed by atoms with van der Waals surface area (Å²) in [5.74, 6) is -3.12. The molecule has 0 radical (unpaired) electrons. The van der Waals surface area contributed by atoms with E-state index in [1.807, 2.05) is 0 Å². The first-order chi connectivity index (χ1) is 10.2. The number of carbonyl (C=O) groups is 2. The zero-order valence-corrected chi connectivity index (χ0v) is 12.4. The third-order valence-corrected chi connectivity index (χ3v) is 5.68. The van der Waals surface area contributed by atoms with Crippen LogP contribution in [0, 0.1) is 5.92 Å². The Kier molecular flexibility index (Phi) is 5.23. The number of carboxylic acid groups (broad SMARTS) is 1. The second-order valence-corrected chi connectivity index (χ2v) is 6.90. The molecule has 1 amide bonds. The lowest BCUT2D eigenvalue weighted by Crippen LogP contribution is -2.50. The minimum atomic E-state index is -4.27. The van der Waals surface area contributed by atoms with Gasteiger partial charge in [-0.1, -0.05) is 0 Å². The largest absolute Gasteiger partial charge is 0.480 e. The van der Waals surface area contributed by atoms with E-state index in [1.165, 1.54) is 0 Å². The smallest absolute Gasteiger partial charge is 0.392 e. The van der Waals surface area contributed by atoms with Crippen molar-refractivity contribution in [2.75, 3.05) is 13.1 Å². The Hall–Kier alpha value is -1.00. The van der Waals surface area contributed by atoms with Crippen molar-refractivity contribution >= 4 is 23.6 Å². The van der Waals surface area contributed by atoms with Gasteiger partial charge < -0.3 is 21.5 Å². The molecular weight excluding hydrogens is 323 g/mol. The number of carboxylic acids is 1. The Morgan fingerprint density at radius 2 is 2.14 bits per heavy atom. The average Bonchev–Trinajstić information content (AvgIpc) is 2.86. The Morgan fingerprint density at radius 1 is 1.45 bits per heavy atom. The predicted molar refractivity (Wildman–Crippen MR) is 74.4 cm³/mol. The lowest BCUT2D eigenvalue weighted by molar-refractivity contribution is -0.180. The van der Waals surface area contributed by atoms with Gasteiger partial charge in [0.2, 0.25) is 5.91 Å². The fourth-order valence-electron chi connectivity index (χ4n) is 2.80. The van der Waals surface area contributed by atoms with Crippen molar-refractivity contribution in [2.45, 2.75) is 41.6 Å². The van der Waals surface area contributed by atoms with Crippen molar-refractivity contribution in [3.05, 3.63) is 0 Å². The molecule has 0 bridgehead atoms. The van der Waals surface area contributed by atoms with Crippen LogP contribution in [0.4, 0.5) is 13.2 Å². The highest BCUT2D eigenvalue weighted by atomic mass is 32.2. The molecule has 6 nitrogen and oxygen atoms in total. The van der Waals surface area contributed by atoms with Gasteiger partial charge in [-0.15, -0.1) is 11.8 Å². The van der Waals surface area contributed by atoms with Crippen molar-refractivity contribution in [1.29, 1.82) is 0 Å². The van der Waals surface area contributed by atoms with E-state index in [-0.39, 0.29) is 25.6 Å². The van der Waals surface area contributed by atoms with Crippen LogP contribution in [0.3, 0.4) is 0 Å². The van der Waals surface area contributed by atoms with Crippen LogP contribution >= 0.6 is 11.8 Å². The Morgan fingerprint density at radius 3 is 2.73 bits per heavy atom. The SMILES string of the molecule is N[C@H](CNC(=O)C1CC2NCCC(C(F)(F)F)C2S1)C(=O)O. The highest BCUT2D eigenvalue weighted by molar-refractivity contribution is 8.01. The number of aliphatic carboxylic acids is 1. The molecule has 10 heteroatoms. The van der Waals surface area contributed by atoms with Crippen molar-refractivity contribution in [1.82, 2.24) is 10.6 Å². The van der Waals surface area contributed by atoms with Gasteiger partial charge in [-0.3, -0.25) is 9.59 Å². The summed E-state index contributed by atoms with van der Waals surface area (Å²) in [6.45, 7) is 0.0425. The van der Waals surface area contributed by atoms with E-state index >= 15 is 0 Å². The van der Waals surface area contributed by atoms with E-state index in [0.717, 1.165) is 11.8 Å². The molecule has 2 aliphatic rings. The average molecular weight is 341 g/mol. The van der Waals surface area contributed by atoms with Crippen LogP contribution in [0.2, 0.25) is 0 Å². The van der Waals surface area contributed by atoms with Gasteiger partial charge in [0.15, 0.2) is 0 Å². The third kappa shape index (κ3) is 3.85. The number of hydrogen-bond acceptors (Lipinski definition) is 5. The van der Waals surface area contributed by atoms with Crippen molar-refractivity contribution in [3.63, 3.8) is 0 Å². The van der Waals surface area contributed by atoms with Crippen molar-refractivity contribution < 1.29 is 27.9 Å². The monoisotopic (exact) mass is 341 g/mol. The summed E-state index contributed by atoms with van der Waals surface area (Å²) in [4.78, 5) is 22.6. The number of halogens is 3. The normalized spacial score (nSPS) is 33.1. The first-order valence-corrected chi connectivity index (χ1v) is 7.86. The van der Waals surface area contributed by atoms with Gasteiger partial charge >= 0.3 is 12.1 Å². The van der Waals surface area contributed by atoms with E-state index in [9.17, 15) is 22.8 Å². The summed E-state index contributed by atoms with van der Waals surface area (Å²) >= 11 is 1.01. The van der Waals surface area contributed by atoms with E-state index < -0.39 is 40.5 Å². The number of nitrogens with one attached hydrogen (secondary N) is 2. The zero-order chi connectivity index (χ0) is 16.5. The molecule has 5 N–H and O–H groups in total. The molecule has 2 fully saturated rings. The van der Waals surface area contributed by atoms with Gasteiger partial charge in [-0.25, -0.2) is 0 Å². The van der Waals surface area contributed by atoms with E-state index in [1.54, 1.807) is 0 Å². The first kappa shape index (κ1) is 17.4. The number of amides is 1. The predicted octanol–water partition coefficient (Wildman–Crippen LogP) is -0.0710. The van der Waals surface area contributed by atoms with Crippen LogP contribution in [-0.2, 0) is 9.59 Å². The number of hydrogen-bond donors (Lipinski definition) is 4. The van der Waals surface area contributed by atoms with E-state index in [0.29, 0.717) is 6.42 Å². The van der Waals surface area contributed by atoms with Gasteiger partial charge in [0, 0.05) is 17.8 Å². The molecule has 0 aromatic heterocycles. The molecule has 22 heavy (non-hydrogen) atoms. The number of alkyl halides is 3. The Balaban J connectivity index is 1.93. The molecule has 0 aromatic carbocycles. The van der Waals surface area contributed by atoms with Gasteiger partial charge in [-0.05, 0) is 19.4 Å². The lowest BCUT2D eigenvalue weighted by Gasteiger charge is -2.34. The minimum Gasteiger partial charge on any atom is -0.480 e. The fraction of sp³-hybridized carbons (Fsp3) is 0.833. The number of thioether (sulfide) groups is 1. The van der Waals surface area contributed by atoms with Crippen LogP contribution in [0.25, 0.3) is 0 Å². The van der Waals surface area contributed by atoms with Gasteiger partial charge in [-0.2, -0.15) is 13.2 Å². The maximum atomic E-state index is 13.0. The molecule has 0 spiro atoms. The van der Waals surface area contributed by atoms with Crippen LogP contribution in [0.1, 0.15) is 12.8 Å². The topological polar surface area (TPSA) is 104 Å². The second-order valence-electron chi connectivity index (χ2n) is 5.51. The maximum Gasteiger partial charge on any atom is 0.392 e. The quantitative estimate of drug-likeness (QED) is 0.571. The summed E-state index contributed by atoms with van der Waals surface area (Å²) < 4.78 is 39.1. The fourth-order valence-corrected chi connectivity index (χ4v) is 4.58. The summed E-state index contributed by atoms with van der Waals surface area (Å²) in [6, 6.07) is -1.58. The molecule has 2 heterocycles. The second kappa shape index (κ2) is 6.63. The standard InChI is InChI=1S/C12H18F3N3O3S/c13-12(14,15)5-1-2-17-7-3-8(22-9(5)7)10(19)18-4-6(16)11(20)21/h5-9,17H,1-4,16H2,(H,18,19)(H,20,21)/t5?,6-,7?,8?,9?/m1/s1. The molecule has 5 atom stereocenters.